The molecule has 23 heavy (non-hydrogen) atoms. The highest BCUT2D eigenvalue weighted by molar-refractivity contribution is 5.77. The Labute approximate surface area is 129 Å². The first kappa shape index (κ1) is 17.1. The number of likely N-dealkylation sites (tertiary alicyclic amines) is 1. The number of halogens is 3. The van der Waals surface area contributed by atoms with Crippen LogP contribution in [0.25, 0.3) is 0 Å². The molecule has 6 nitrogen and oxygen atoms in total. The van der Waals surface area contributed by atoms with Crippen LogP contribution >= 0.6 is 0 Å². The maximum absolute atomic E-state index is 13.1. The number of hydrogen-bond donors (Lipinski definition) is 3. The summed E-state index contributed by atoms with van der Waals surface area (Å²) in [4.78, 5) is 23.5. The summed E-state index contributed by atoms with van der Waals surface area (Å²) >= 11 is 0. The topological polar surface area (TPSA) is 104 Å². The van der Waals surface area contributed by atoms with Gasteiger partial charge in [-0.1, -0.05) is 6.07 Å². The summed E-state index contributed by atoms with van der Waals surface area (Å²) in [5, 5.41) is 18.2. The molecule has 0 bridgehead atoms. The summed E-state index contributed by atoms with van der Waals surface area (Å²) in [5.74, 6) is -3.33. The number of alkyl halides is 3. The zero-order valence-electron chi connectivity index (χ0n) is 11.9. The molecule has 0 saturated carbocycles. The summed E-state index contributed by atoms with van der Waals surface area (Å²) < 4.78 is 39.2. The lowest BCUT2D eigenvalue weighted by atomic mass is 10.0. The molecule has 1 aromatic rings. The molecule has 2 rings (SSSR count). The average Bonchev–Trinajstić information content (AvgIpc) is 2.84. The third kappa shape index (κ3) is 3.73. The van der Waals surface area contributed by atoms with Crippen LogP contribution in [-0.4, -0.2) is 39.6 Å². The second kappa shape index (κ2) is 6.07. The molecule has 2 atom stereocenters. The SMILES string of the molecule is Nc1ccc(CN2CC(C(=O)O)CC2C(=O)O)c(C(F)(F)F)c1. The van der Waals surface area contributed by atoms with Crippen molar-refractivity contribution in [1.29, 1.82) is 0 Å². The van der Waals surface area contributed by atoms with E-state index in [1.54, 1.807) is 0 Å². The van der Waals surface area contributed by atoms with Crippen LogP contribution in [0.5, 0.6) is 0 Å². The molecule has 1 fully saturated rings. The minimum absolute atomic E-state index is 0.0549. The standard InChI is InChI=1S/C14H15F3N2O4/c15-14(16,17)10-4-9(18)2-1-7(10)5-19-6-8(12(20)21)3-11(19)13(22)23/h1-2,4,8,11H,3,5-6,18H2,(H,20,21)(H,22,23). The van der Waals surface area contributed by atoms with Gasteiger partial charge in [0.15, 0.2) is 0 Å². The Morgan fingerprint density at radius 1 is 1.26 bits per heavy atom. The van der Waals surface area contributed by atoms with E-state index in [1.807, 2.05) is 0 Å². The van der Waals surface area contributed by atoms with Crippen LogP contribution in [0.3, 0.4) is 0 Å². The van der Waals surface area contributed by atoms with Crippen molar-refractivity contribution in [3.63, 3.8) is 0 Å². The second-order valence-electron chi connectivity index (χ2n) is 5.47. The van der Waals surface area contributed by atoms with Crippen molar-refractivity contribution >= 4 is 17.6 Å². The van der Waals surface area contributed by atoms with E-state index in [0.29, 0.717) is 0 Å². The number of nitrogen functional groups attached to an aromatic ring is 1. The minimum Gasteiger partial charge on any atom is -0.481 e. The van der Waals surface area contributed by atoms with Crippen molar-refractivity contribution in [2.45, 2.75) is 25.2 Å². The molecule has 126 valence electrons. The fourth-order valence-electron chi connectivity index (χ4n) is 2.73. The molecule has 0 radical (unpaired) electrons. The molecule has 0 aliphatic carbocycles. The zero-order chi connectivity index (χ0) is 17.4. The Morgan fingerprint density at radius 2 is 1.91 bits per heavy atom. The maximum atomic E-state index is 13.1. The van der Waals surface area contributed by atoms with Crippen LogP contribution in [-0.2, 0) is 22.3 Å². The smallest absolute Gasteiger partial charge is 0.416 e. The van der Waals surface area contributed by atoms with Crippen LogP contribution in [0, 0.1) is 5.92 Å². The van der Waals surface area contributed by atoms with E-state index in [2.05, 4.69) is 0 Å². The second-order valence-corrected chi connectivity index (χ2v) is 5.47. The van der Waals surface area contributed by atoms with Gasteiger partial charge in [-0.05, 0) is 24.1 Å². The summed E-state index contributed by atoms with van der Waals surface area (Å²) in [6.45, 7) is -0.427. The maximum Gasteiger partial charge on any atom is 0.416 e. The van der Waals surface area contributed by atoms with Crippen LogP contribution < -0.4 is 5.73 Å². The number of hydrogen-bond acceptors (Lipinski definition) is 4. The number of rotatable bonds is 4. The zero-order valence-corrected chi connectivity index (χ0v) is 11.9. The van der Waals surface area contributed by atoms with E-state index in [-0.39, 0.29) is 30.8 Å². The Balaban J connectivity index is 2.30. The molecule has 9 heteroatoms. The Hall–Kier alpha value is -2.29. The number of anilines is 1. The van der Waals surface area contributed by atoms with Crippen molar-refractivity contribution < 1.29 is 33.0 Å². The predicted molar refractivity (Wildman–Crippen MR) is 73.4 cm³/mol. The summed E-state index contributed by atoms with van der Waals surface area (Å²) in [5.41, 5.74) is 4.25. The number of benzene rings is 1. The predicted octanol–water partition coefficient (Wildman–Crippen LogP) is 1.65. The van der Waals surface area contributed by atoms with E-state index >= 15 is 0 Å². The van der Waals surface area contributed by atoms with Crippen LogP contribution in [0.4, 0.5) is 18.9 Å². The van der Waals surface area contributed by atoms with Gasteiger partial charge in [0.25, 0.3) is 0 Å². The molecule has 2 unspecified atom stereocenters. The van der Waals surface area contributed by atoms with E-state index in [1.165, 1.54) is 17.0 Å². The van der Waals surface area contributed by atoms with E-state index in [4.69, 9.17) is 15.9 Å². The highest BCUT2D eigenvalue weighted by atomic mass is 19.4. The van der Waals surface area contributed by atoms with Gasteiger partial charge in [-0.15, -0.1) is 0 Å². The molecule has 0 amide bonds. The Bertz CT molecular complexity index is 633. The number of nitrogens with two attached hydrogens (primary N) is 1. The molecular weight excluding hydrogens is 317 g/mol. The van der Waals surface area contributed by atoms with Gasteiger partial charge >= 0.3 is 18.1 Å². The largest absolute Gasteiger partial charge is 0.481 e. The van der Waals surface area contributed by atoms with Gasteiger partial charge < -0.3 is 15.9 Å². The van der Waals surface area contributed by atoms with Crippen molar-refractivity contribution in [3.05, 3.63) is 29.3 Å². The third-order valence-electron chi connectivity index (χ3n) is 3.85. The lowest BCUT2D eigenvalue weighted by molar-refractivity contribution is -0.142. The lowest BCUT2D eigenvalue weighted by Crippen LogP contribution is -2.36. The van der Waals surface area contributed by atoms with Gasteiger partial charge in [0.05, 0.1) is 11.5 Å². The van der Waals surface area contributed by atoms with Crippen LogP contribution in [0.1, 0.15) is 17.5 Å². The van der Waals surface area contributed by atoms with Gasteiger partial charge in [-0.2, -0.15) is 13.2 Å². The van der Waals surface area contributed by atoms with Crippen molar-refractivity contribution in [3.8, 4) is 0 Å². The first-order valence-corrected chi connectivity index (χ1v) is 6.75. The fourth-order valence-corrected chi connectivity index (χ4v) is 2.73. The average molecular weight is 332 g/mol. The molecule has 1 aromatic carbocycles. The first-order chi connectivity index (χ1) is 10.6. The van der Waals surface area contributed by atoms with Gasteiger partial charge in [-0.25, -0.2) is 0 Å². The third-order valence-corrected chi connectivity index (χ3v) is 3.85. The first-order valence-electron chi connectivity index (χ1n) is 6.75. The highest BCUT2D eigenvalue weighted by Crippen LogP contribution is 2.35. The Kier molecular flexibility index (Phi) is 4.51. The van der Waals surface area contributed by atoms with Gasteiger partial charge in [0.2, 0.25) is 0 Å². The molecular formula is C14H15F3N2O4. The fraction of sp³-hybridized carbons (Fsp3) is 0.429. The number of carboxylic acid groups (broad SMARTS) is 2. The molecule has 0 spiro atoms. The lowest BCUT2D eigenvalue weighted by Gasteiger charge is -2.23. The van der Waals surface area contributed by atoms with Gasteiger partial charge in [-0.3, -0.25) is 14.5 Å². The summed E-state index contributed by atoms with van der Waals surface area (Å²) in [6.07, 6.45) is -4.77. The monoisotopic (exact) mass is 332 g/mol. The number of aliphatic carboxylic acids is 2. The van der Waals surface area contributed by atoms with Crippen LogP contribution in [0.2, 0.25) is 0 Å². The number of carboxylic acids is 2. The summed E-state index contributed by atoms with van der Waals surface area (Å²) in [7, 11) is 0. The minimum atomic E-state index is -4.63. The molecule has 1 aliphatic rings. The summed E-state index contributed by atoms with van der Waals surface area (Å²) in [6, 6.07) is 2.14. The molecule has 1 saturated heterocycles. The number of carbonyl (C=O) groups is 2. The molecule has 4 N–H and O–H groups in total. The van der Waals surface area contributed by atoms with Gasteiger partial charge in [0.1, 0.15) is 6.04 Å². The van der Waals surface area contributed by atoms with E-state index in [9.17, 15) is 22.8 Å². The molecule has 1 heterocycles. The van der Waals surface area contributed by atoms with E-state index < -0.39 is 35.6 Å². The van der Waals surface area contributed by atoms with E-state index in [0.717, 1.165) is 6.07 Å². The van der Waals surface area contributed by atoms with Crippen molar-refractivity contribution in [1.82, 2.24) is 4.90 Å². The quantitative estimate of drug-likeness (QED) is 0.724. The number of nitrogens with zero attached hydrogens (tertiary/aromatic N) is 1. The molecule has 0 aromatic heterocycles. The normalized spacial score (nSPS) is 22.2. The van der Waals surface area contributed by atoms with Crippen molar-refractivity contribution in [2.24, 2.45) is 5.92 Å². The van der Waals surface area contributed by atoms with Crippen LogP contribution in [0.15, 0.2) is 18.2 Å². The van der Waals surface area contributed by atoms with Crippen molar-refractivity contribution in [2.75, 3.05) is 12.3 Å². The Morgan fingerprint density at radius 3 is 2.43 bits per heavy atom. The molecule has 1 aliphatic heterocycles. The highest BCUT2D eigenvalue weighted by Gasteiger charge is 2.41. The van der Waals surface area contributed by atoms with Gasteiger partial charge in [0, 0.05) is 18.8 Å².